The molecule has 0 aliphatic heterocycles. The van der Waals surface area contributed by atoms with Crippen molar-refractivity contribution in [2.24, 2.45) is 0 Å². The van der Waals surface area contributed by atoms with Crippen molar-refractivity contribution in [2.45, 2.75) is 0 Å². The lowest BCUT2D eigenvalue weighted by molar-refractivity contribution is 0.381. The van der Waals surface area contributed by atoms with E-state index in [9.17, 15) is 0 Å². The summed E-state index contributed by atoms with van der Waals surface area (Å²) in [5.41, 5.74) is 0.556. The molecule has 1 heterocycles. The van der Waals surface area contributed by atoms with E-state index in [1.807, 2.05) is 66.9 Å². The number of hydrogen-bond donors (Lipinski definition) is 0. The maximum absolute atomic E-state index is 8.93. The Balaban J connectivity index is 2.67. The van der Waals surface area contributed by atoms with Crippen molar-refractivity contribution in [3.05, 3.63) is 85.1 Å². The maximum Gasteiger partial charge on any atom is 0.207 e. The molecule has 1 aromatic heterocycles. The molecule has 0 aliphatic rings. The van der Waals surface area contributed by atoms with Gasteiger partial charge in [0, 0.05) is 11.6 Å². The van der Waals surface area contributed by atoms with Crippen molar-refractivity contribution < 1.29 is 4.52 Å². The van der Waals surface area contributed by atoms with Crippen LogP contribution in [0.15, 0.2) is 89.6 Å². The average Bonchev–Trinajstić information content (AvgIpc) is 2.55. The number of rotatable bonds is 0. The van der Waals surface area contributed by atoms with E-state index in [-0.39, 0.29) is 0 Å². The molecule has 2 rings (SSSR count). The van der Waals surface area contributed by atoms with Crippen molar-refractivity contribution >= 4 is 11.0 Å². The van der Waals surface area contributed by atoms with Gasteiger partial charge in [-0.2, -0.15) is 9.94 Å². The minimum Gasteiger partial charge on any atom is -0.337 e. The highest BCUT2D eigenvalue weighted by Gasteiger charge is 1.87. The van der Waals surface area contributed by atoms with Crippen molar-refractivity contribution in [2.75, 3.05) is 0 Å². The smallest absolute Gasteiger partial charge is 0.207 e. The molecular weight excluding hydrogens is 276 g/mol. The first-order valence-electron chi connectivity index (χ1n) is 6.61. The standard InChI is InChI=1S/C17H14N4O/c18-15-21-14-10-6-4-2-1-3-5-7-11-16-12-8-9-13-17(16)22-20-19-21/h1-14H. The van der Waals surface area contributed by atoms with Gasteiger partial charge in [-0.15, -0.1) is 0 Å². The van der Waals surface area contributed by atoms with Gasteiger partial charge in [0.15, 0.2) is 5.58 Å². The number of para-hydroxylation sites is 1. The minimum absolute atomic E-state index is 0.556. The molecule has 2 aromatic rings. The van der Waals surface area contributed by atoms with Crippen LogP contribution in [0, 0.1) is 11.5 Å². The Morgan fingerprint density at radius 2 is 1.41 bits per heavy atom. The van der Waals surface area contributed by atoms with Gasteiger partial charge in [0.1, 0.15) is 0 Å². The molecule has 108 valence electrons. The molecule has 0 spiro atoms. The molecule has 0 unspecified atom stereocenters. The van der Waals surface area contributed by atoms with Crippen molar-refractivity contribution in [3.63, 3.8) is 0 Å². The molecule has 0 saturated heterocycles. The number of hydrogen-bond acceptors (Lipinski definition) is 4. The maximum atomic E-state index is 8.93. The first-order chi connectivity index (χ1) is 10.9. The summed E-state index contributed by atoms with van der Waals surface area (Å²) >= 11 is 0. The van der Waals surface area contributed by atoms with E-state index in [2.05, 4.69) is 10.5 Å². The second-order valence-corrected chi connectivity index (χ2v) is 4.10. The zero-order chi connectivity index (χ0) is 15.5. The van der Waals surface area contributed by atoms with Gasteiger partial charge < -0.3 is 4.52 Å². The fourth-order valence-corrected chi connectivity index (χ4v) is 1.56. The minimum atomic E-state index is 0.556. The van der Waals surface area contributed by atoms with Crippen LogP contribution < -0.4 is 0 Å². The summed E-state index contributed by atoms with van der Waals surface area (Å²) in [6.07, 6.45) is 3.34. The summed E-state index contributed by atoms with van der Waals surface area (Å²) in [5.74, 6) is 0. The van der Waals surface area contributed by atoms with Crippen molar-refractivity contribution in [3.8, 4) is 6.19 Å². The molecule has 5 nitrogen and oxygen atoms in total. The molecule has 0 amide bonds. The Hall–Kier alpha value is -3.39. The van der Waals surface area contributed by atoms with Gasteiger partial charge in [-0.1, -0.05) is 66.7 Å². The average molecular weight is 290 g/mol. The lowest BCUT2D eigenvalue weighted by Gasteiger charge is -1.88. The van der Waals surface area contributed by atoms with Gasteiger partial charge in [-0.05, 0) is 17.3 Å². The van der Waals surface area contributed by atoms with Crippen LogP contribution in [0.2, 0.25) is 0 Å². The predicted octanol–water partition coefficient (Wildman–Crippen LogP) is 3.73. The third-order valence-corrected chi connectivity index (χ3v) is 2.57. The molecule has 0 aliphatic carbocycles. The van der Waals surface area contributed by atoms with Crippen LogP contribution in [-0.2, 0) is 0 Å². The zero-order valence-corrected chi connectivity index (χ0v) is 11.8. The molecule has 0 saturated carbocycles. The van der Waals surface area contributed by atoms with Gasteiger partial charge in [0.2, 0.25) is 6.19 Å². The largest absolute Gasteiger partial charge is 0.337 e. The molecule has 0 radical (unpaired) electrons. The zero-order valence-electron chi connectivity index (χ0n) is 11.8. The van der Waals surface area contributed by atoms with Crippen molar-refractivity contribution in [1.29, 1.82) is 5.26 Å². The summed E-state index contributed by atoms with van der Waals surface area (Å²) in [5, 5.41) is 17.0. The fraction of sp³-hybridized carbons (Fsp3) is 0. The Labute approximate surface area is 128 Å². The molecular formula is C17H14N4O. The lowest BCUT2D eigenvalue weighted by Crippen LogP contribution is -1.93. The highest BCUT2D eigenvalue weighted by Crippen LogP contribution is 2.07. The topological polar surface area (TPSA) is 67.6 Å². The van der Waals surface area contributed by atoms with Crippen LogP contribution in [0.4, 0.5) is 0 Å². The number of aromatic nitrogens is 3. The van der Waals surface area contributed by atoms with Crippen LogP contribution in [0.5, 0.6) is 0 Å². The van der Waals surface area contributed by atoms with Gasteiger partial charge >= 0.3 is 0 Å². The molecule has 0 atom stereocenters. The third-order valence-electron chi connectivity index (χ3n) is 2.57. The quantitative estimate of drug-likeness (QED) is 0.741. The Morgan fingerprint density at radius 3 is 2.14 bits per heavy atom. The molecule has 5 heteroatoms. The monoisotopic (exact) mass is 290 g/mol. The van der Waals surface area contributed by atoms with Crippen LogP contribution in [0.3, 0.4) is 0 Å². The number of fused-ring (bicyclic) bond motifs is 1. The highest BCUT2D eigenvalue weighted by atomic mass is 16.5. The molecule has 1 aromatic carbocycles. The van der Waals surface area contributed by atoms with E-state index in [4.69, 9.17) is 9.78 Å². The first-order valence-corrected chi connectivity index (χ1v) is 6.61. The van der Waals surface area contributed by atoms with E-state index in [0.29, 0.717) is 5.58 Å². The summed E-state index contributed by atoms with van der Waals surface area (Å²) in [4.78, 5) is 0. The normalized spacial score (nSPS) is 8.86. The Kier molecular flexibility index (Phi) is 5.95. The van der Waals surface area contributed by atoms with Gasteiger partial charge in [-0.3, -0.25) is 0 Å². The van der Waals surface area contributed by atoms with Crippen molar-refractivity contribution in [1.82, 2.24) is 15.2 Å². The Bertz CT molecular complexity index is 829. The number of nitrogens with zero attached hydrogens (tertiary/aromatic N) is 4. The van der Waals surface area contributed by atoms with Crippen LogP contribution >= 0.6 is 0 Å². The van der Waals surface area contributed by atoms with Gasteiger partial charge in [-0.25, -0.2) is 0 Å². The molecule has 0 fully saturated rings. The van der Waals surface area contributed by atoms with Gasteiger partial charge in [0.05, 0.1) is 5.27 Å². The molecule has 0 N–H and O–H groups in total. The SMILES string of the molecule is N#Cn1ccccccccccc2ccccc2onn1. The molecule has 0 bridgehead atoms. The predicted molar refractivity (Wildman–Crippen MR) is 83.7 cm³/mol. The Morgan fingerprint density at radius 1 is 0.818 bits per heavy atom. The summed E-state index contributed by atoms with van der Waals surface area (Å²) in [6.45, 7) is 0. The van der Waals surface area contributed by atoms with Gasteiger partial charge in [0.25, 0.3) is 0 Å². The van der Waals surface area contributed by atoms with E-state index >= 15 is 0 Å². The van der Waals surface area contributed by atoms with E-state index in [1.54, 1.807) is 18.2 Å². The summed E-state index contributed by atoms with van der Waals surface area (Å²) in [6, 6.07) is 24.2. The van der Waals surface area contributed by atoms with Crippen LogP contribution in [-0.4, -0.2) is 15.2 Å². The van der Waals surface area contributed by atoms with Crippen LogP contribution in [0.25, 0.3) is 11.0 Å². The number of benzene rings is 1. The third kappa shape index (κ3) is 4.94. The van der Waals surface area contributed by atoms with Crippen LogP contribution in [0.1, 0.15) is 0 Å². The first kappa shape index (κ1) is 15.0. The lowest BCUT2D eigenvalue weighted by atomic mass is 10.2. The second kappa shape index (κ2) is 8.72. The summed E-state index contributed by atoms with van der Waals surface area (Å²) < 4.78 is 6.24. The second-order valence-electron chi connectivity index (χ2n) is 4.10. The van der Waals surface area contributed by atoms with E-state index in [0.717, 1.165) is 10.1 Å². The highest BCUT2D eigenvalue weighted by molar-refractivity contribution is 5.75. The van der Waals surface area contributed by atoms with E-state index in [1.165, 1.54) is 6.20 Å². The summed E-state index contributed by atoms with van der Waals surface area (Å²) in [7, 11) is 0. The number of nitriles is 1. The fourth-order valence-electron chi connectivity index (χ4n) is 1.56. The molecule has 22 heavy (non-hydrogen) atoms. The van der Waals surface area contributed by atoms with E-state index < -0.39 is 0 Å².